The lowest BCUT2D eigenvalue weighted by molar-refractivity contribution is 0.399. The van der Waals surface area contributed by atoms with Gasteiger partial charge >= 0.3 is 0 Å². The second kappa shape index (κ2) is 4.70. The van der Waals surface area contributed by atoms with E-state index in [0.29, 0.717) is 11.5 Å². The van der Waals surface area contributed by atoms with Crippen molar-refractivity contribution in [1.29, 1.82) is 0 Å². The predicted molar refractivity (Wildman–Crippen MR) is 77.1 cm³/mol. The molecule has 1 aromatic rings. The lowest BCUT2D eigenvalue weighted by atomic mass is 9.71. The van der Waals surface area contributed by atoms with E-state index in [-0.39, 0.29) is 0 Å². The molecule has 0 heterocycles. The fraction of sp³-hybridized carbons (Fsp3) is 0.647. The van der Waals surface area contributed by atoms with Crippen molar-refractivity contribution in [1.82, 2.24) is 5.32 Å². The summed E-state index contributed by atoms with van der Waals surface area (Å²) >= 11 is 0. The first-order chi connectivity index (χ1) is 8.73. The average Bonchev–Trinajstić information content (AvgIpc) is 2.71. The maximum Gasteiger partial charge on any atom is 0.00727 e. The first kappa shape index (κ1) is 12.2. The summed E-state index contributed by atoms with van der Waals surface area (Å²) in [6.07, 6.45) is 8.20. The molecule has 0 bridgehead atoms. The molecule has 3 rings (SSSR count). The van der Waals surface area contributed by atoms with Gasteiger partial charge in [0.1, 0.15) is 0 Å². The van der Waals surface area contributed by atoms with E-state index in [2.05, 4.69) is 43.6 Å². The van der Waals surface area contributed by atoms with E-state index in [9.17, 15) is 0 Å². The van der Waals surface area contributed by atoms with Gasteiger partial charge in [-0.2, -0.15) is 0 Å². The molecule has 0 spiro atoms. The average molecular weight is 243 g/mol. The summed E-state index contributed by atoms with van der Waals surface area (Å²) in [5.74, 6) is 0.853. The molecule has 0 radical (unpaired) electrons. The highest BCUT2D eigenvalue weighted by Crippen LogP contribution is 2.46. The van der Waals surface area contributed by atoms with Crippen LogP contribution < -0.4 is 5.32 Å². The number of hydrogen-bond donors (Lipinski definition) is 1. The van der Waals surface area contributed by atoms with Gasteiger partial charge in [0.2, 0.25) is 0 Å². The highest BCUT2D eigenvalue weighted by Gasteiger charge is 2.38. The van der Waals surface area contributed by atoms with Crippen LogP contribution in [-0.4, -0.2) is 13.1 Å². The summed E-state index contributed by atoms with van der Waals surface area (Å²) in [5, 5.41) is 3.47. The maximum atomic E-state index is 3.47. The highest BCUT2D eigenvalue weighted by atomic mass is 14.9. The smallest absolute Gasteiger partial charge is 0.00727 e. The van der Waals surface area contributed by atoms with Crippen molar-refractivity contribution in [3.63, 3.8) is 0 Å². The second-order valence-electron chi connectivity index (χ2n) is 6.50. The summed E-state index contributed by atoms with van der Waals surface area (Å²) in [4.78, 5) is 0. The van der Waals surface area contributed by atoms with E-state index in [1.54, 1.807) is 11.1 Å². The fourth-order valence-corrected chi connectivity index (χ4v) is 3.85. The van der Waals surface area contributed by atoms with Gasteiger partial charge in [0.15, 0.2) is 0 Å². The van der Waals surface area contributed by atoms with Gasteiger partial charge in [-0.25, -0.2) is 0 Å². The Hall–Kier alpha value is -0.820. The molecule has 98 valence electrons. The normalized spacial score (nSPS) is 32.4. The van der Waals surface area contributed by atoms with Crippen LogP contribution in [-0.2, 0) is 5.41 Å². The van der Waals surface area contributed by atoms with Crippen LogP contribution >= 0.6 is 0 Å². The molecule has 0 amide bonds. The molecular formula is C17H25N. The molecule has 2 saturated carbocycles. The monoisotopic (exact) mass is 243 g/mol. The Labute approximate surface area is 111 Å². The van der Waals surface area contributed by atoms with Crippen molar-refractivity contribution in [3.05, 3.63) is 35.4 Å². The molecule has 0 saturated heterocycles. The largest absolute Gasteiger partial charge is 0.317 e. The summed E-state index contributed by atoms with van der Waals surface area (Å²) in [5.41, 5.74) is 3.70. The second-order valence-corrected chi connectivity index (χ2v) is 6.50. The van der Waals surface area contributed by atoms with Crippen LogP contribution in [0, 0.1) is 0 Å². The fourth-order valence-electron chi connectivity index (χ4n) is 3.85. The Balaban J connectivity index is 1.91. The van der Waals surface area contributed by atoms with Gasteiger partial charge in [0, 0.05) is 6.04 Å². The van der Waals surface area contributed by atoms with Crippen LogP contribution in [0.4, 0.5) is 0 Å². The Morgan fingerprint density at radius 1 is 1.17 bits per heavy atom. The zero-order valence-electron chi connectivity index (χ0n) is 11.7. The minimum Gasteiger partial charge on any atom is -0.317 e. The molecular weight excluding hydrogens is 218 g/mol. The van der Waals surface area contributed by atoms with Crippen molar-refractivity contribution in [3.8, 4) is 0 Å². The third kappa shape index (κ3) is 1.99. The molecule has 1 aromatic carbocycles. The number of benzene rings is 1. The van der Waals surface area contributed by atoms with Crippen LogP contribution in [0.2, 0.25) is 0 Å². The van der Waals surface area contributed by atoms with Crippen molar-refractivity contribution in [2.45, 2.75) is 62.8 Å². The lowest BCUT2D eigenvalue weighted by Gasteiger charge is -2.34. The van der Waals surface area contributed by atoms with E-state index in [4.69, 9.17) is 0 Å². The number of nitrogens with one attached hydrogen (secondary N) is 1. The zero-order valence-corrected chi connectivity index (χ0v) is 11.7. The molecule has 2 atom stereocenters. The molecule has 18 heavy (non-hydrogen) atoms. The molecule has 2 aliphatic carbocycles. The van der Waals surface area contributed by atoms with Gasteiger partial charge in [0.25, 0.3) is 0 Å². The third-order valence-corrected chi connectivity index (χ3v) is 5.31. The van der Waals surface area contributed by atoms with Gasteiger partial charge in [-0.1, -0.05) is 37.6 Å². The predicted octanol–water partition coefficient (Wildman–Crippen LogP) is 3.98. The molecule has 0 aromatic heterocycles. The Kier molecular flexibility index (Phi) is 3.19. The molecule has 1 nitrogen and oxygen atoms in total. The number of hydrogen-bond acceptors (Lipinski definition) is 1. The van der Waals surface area contributed by atoms with Crippen LogP contribution in [0.25, 0.3) is 0 Å². The Morgan fingerprint density at radius 2 is 1.94 bits per heavy atom. The minimum absolute atomic E-state index is 0.403. The SMILES string of the molecule is CNC1CCC(C)(c2ccccc2C2CCC2)C1. The van der Waals surface area contributed by atoms with Crippen molar-refractivity contribution in [2.75, 3.05) is 7.05 Å². The summed E-state index contributed by atoms with van der Waals surface area (Å²) < 4.78 is 0. The van der Waals surface area contributed by atoms with Crippen LogP contribution in [0.5, 0.6) is 0 Å². The van der Waals surface area contributed by atoms with Crippen LogP contribution in [0.15, 0.2) is 24.3 Å². The van der Waals surface area contributed by atoms with Crippen molar-refractivity contribution >= 4 is 0 Å². The van der Waals surface area contributed by atoms with Gasteiger partial charge in [-0.15, -0.1) is 0 Å². The first-order valence-corrected chi connectivity index (χ1v) is 7.49. The topological polar surface area (TPSA) is 12.0 Å². The van der Waals surface area contributed by atoms with Crippen molar-refractivity contribution in [2.24, 2.45) is 0 Å². The summed E-state index contributed by atoms with van der Waals surface area (Å²) in [6, 6.07) is 9.95. The van der Waals surface area contributed by atoms with Gasteiger partial charge in [0.05, 0.1) is 0 Å². The van der Waals surface area contributed by atoms with E-state index in [0.717, 1.165) is 5.92 Å². The molecule has 1 heteroatoms. The summed E-state index contributed by atoms with van der Waals surface area (Å²) in [7, 11) is 2.11. The lowest BCUT2D eigenvalue weighted by Crippen LogP contribution is -2.27. The first-order valence-electron chi connectivity index (χ1n) is 7.49. The molecule has 2 unspecified atom stereocenters. The maximum absolute atomic E-state index is 3.47. The molecule has 0 aliphatic heterocycles. The van der Waals surface area contributed by atoms with E-state index < -0.39 is 0 Å². The molecule has 1 N–H and O–H groups in total. The quantitative estimate of drug-likeness (QED) is 0.846. The van der Waals surface area contributed by atoms with Crippen LogP contribution in [0.1, 0.15) is 62.5 Å². The van der Waals surface area contributed by atoms with E-state index >= 15 is 0 Å². The molecule has 2 aliphatic rings. The standard InChI is InChI=1S/C17H25N/c1-17(11-10-14(12-17)18-2)16-9-4-3-8-15(16)13-6-5-7-13/h3-4,8-9,13-14,18H,5-7,10-12H2,1-2H3. The van der Waals surface area contributed by atoms with E-state index in [1.165, 1.54) is 38.5 Å². The third-order valence-electron chi connectivity index (χ3n) is 5.31. The zero-order chi connectivity index (χ0) is 12.6. The van der Waals surface area contributed by atoms with Crippen LogP contribution in [0.3, 0.4) is 0 Å². The minimum atomic E-state index is 0.403. The highest BCUT2D eigenvalue weighted by molar-refractivity contribution is 5.38. The van der Waals surface area contributed by atoms with Gasteiger partial charge in [-0.05, 0) is 61.6 Å². The molecule has 2 fully saturated rings. The van der Waals surface area contributed by atoms with E-state index in [1.807, 2.05) is 0 Å². The Morgan fingerprint density at radius 3 is 2.56 bits per heavy atom. The summed E-state index contributed by atoms with van der Waals surface area (Å²) in [6.45, 7) is 2.47. The van der Waals surface area contributed by atoms with Gasteiger partial charge < -0.3 is 5.32 Å². The van der Waals surface area contributed by atoms with Gasteiger partial charge in [-0.3, -0.25) is 0 Å². The van der Waals surface area contributed by atoms with Crippen molar-refractivity contribution < 1.29 is 0 Å². The Bertz CT molecular complexity index is 421. The number of rotatable bonds is 3.